The van der Waals surface area contributed by atoms with Crippen molar-refractivity contribution in [2.45, 2.75) is 6.42 Å². The number of aryl methyl sites for hydroxylation is 1. The molecule has 1 heterocycles. The highest BCUT2D eigenvalue weighted by Gasteiger charge is 2.25. The number of methoxy groups -OCH3 is 1. The highest BCUT2D eigenvalue weighted by atomic mass is 35.5. The molecule has 4 nitrogen and oxygen atoms in total. The fraction of sp³-hybridized carbons (Fsp3) is 0.364. The summed E-state index contributed by atoms with van der Waals surface area (Å²) in [4.78, 5) is 11.0. The predicted molar refractivity (Wildman–Crippen MR) is 58.9 cm³/mol. The van der Waals surface area contributed by atoms with Gasteiger partial charge in [0.1, 0.15) is 0 Å². The summed E-state index contributed by atoms with van der Waals surface area (Å²) in [5, 5.41) is 0. The lowest BCUT2D eigenvalue weighted by Gasteiger charge is -2.10. The van der Waals surface area contributed by atoms with Crippen LogP contribution in [0.4, 0.5) is 0 Å². The van der Waals surface area contributed by atoms with Gasteiger partial charge < -0.3 is 14.2 Å². The van der Waals surface area contributed by atoms with E-state index in [0.717, 1.165) is 11.8 Å². The zero-order chi connectivity index (χ0) is 11.5. The number of alkyl halides is 1. The number of ether oxygens (including phenoxy) is 3. The average Bonchev–Trinajstić information content (AvgIpc) is 2.77. The Morgan fingerprint density at radius 1 is 1.50 bits per heavy atom. The number of hydrogen-bond acceptors (Lipinski definition) is 4. The van der Waals surface area contributed by atoms with Crippen LogP contribution in [-0.4, -0.2) is 26.1 Å². The topological polar surface area (TPSA) is 44.8 Å². The molecule has 16 heavy (non-hydrogen) atoms. The molecule has 1 aromatic carbocycles. The van der Waals surface area contributed by atoms with Crippen LogP contribution in [0.15, 0.2) is 6.07 Å². The highest BCUT2D eigenvalue weighted by molar-refractivity contribution is 6.18. The lowest BCUT2D eigenvalue weighted by atomic mass is 10.0. The van der Waals surface area contributed by atoms with Gasteiger partial charge in [-0.25, -0.2) is 0 Å². The quantitative estimate of drug-likeness (QED) is 0.599. The van der Waals surface area contributed by atoms with E-state index in [9.17, 15) is 4.79 Å². The van der Waals surface area contributed by atoms with E-state index in [2.05, 4.69) is 0 Å². The molecule has 0 amide bonds. The van der Waals surface area contributed by atoms with Crippen LogP contribution in [0.25, 0.3) is 0 Å². The van der Waals surface area contributed by atoms with Gasteiger partial charge in [0.15, 0.2) is 17.8 Å². The number of benzene rings is 1. The molecule has 0 N–H and O–H groups in total. The van der Waals surface area contributed by atoms with Crippen molar-refractivity contribution in [1.29, 1.82) is 0 Å². The summed E-state index contributed by atoms with van der Waals surface area (Å²) in [6.45, 7) is 0.108. The van der Waals surface area contributed by atoms with Crippen LogP contribution in [-0.2, 0) is 6.42 Å². The second-order valence-electron chi connectivity index (χ2n) is 3.27. The Bertz CT molecular complexity index is 417. The summed E-state index contributed by atoms with van der Waals surface area (Å²) < 4.78 is 15.7. The average molecular weight is 243 g/mol. The number of fused-ring (bicyclic) bond motifs is 1. The van der Waals surface area contributed by atoms with Crippen LogP contribution >= 0.6 is 11.6 Å². The van der Waals surface area contributed by atoms with Gasteiger partial charge in [0.2, 0.25) is 12.5 Å². The first-order valence-electron chi connectivity index (χ1n) is 4.82. The first kappa shape index (κ1) is 11.1. The van der Waals surface area contributed by atoms with Gasteiger partial charge in [-0.15, -0.1) is 11.6 Å². The second kappa shape index (κ2) is 4.61. The van der Waals surface area contributed by atoms with E-state index >= 15 is 0 Å². The summed E-state index contributed by atoms with van der Waals surface area (Å²) in [7, 11) is 1.54. The third-order valence-electron chi connectivity index (χ3n) is 2.43. The minimum atomic E-state index is 0.108. The Kier molecular flexibility index (Phi) is 3.19. The van der Waals surface area contributed by atoms with Crippen molar-refractivity contribution in [1.82, 2.24) is 0 Å². The third kappa shape index (κ3) is 1.69. The zero-order valence-corrected chi connectivity index (χ0v) is 9.54. The Morgan fingerprint density at radius 2 is 2.25 bits per heavy atom. The van der Waals surface area contributed by atoms with Crippen molar-refractivity contribution in [2.24, 2.45) is 0 Å². The van der Waals surface area contributed by atoms with Crippen molar-refractivity contribution in [3.05, 3.63) is 17.2 Å². The predicted octanol–water partition coefficient (Wildman–Crippen LogP) is 2.02. The van der Waals surface area contributed by atoms with E-state index in [4.69, 9.17) is 25.8 Å². The minimum Gasteiger partial charge on any atom is -0.493 e. The summed E-state index contributed by atoms with van der Waals surface area (Å²) in [6.07, 6.45) is 1.34. The smallest absolute Gasteiger partial charge is 0.231 e. The lowest BCUT2D eigenvalue weighted by Crippen LogP contribution is -1.98. The van der Waals surface area contributed by atoms with Gasteiger partial charge in [0, 0.05) is 5.88 Å². The molecule has 0 unspecified atom stereocenters. The van der Waals surface area contributed by atoms with Crippen LogP contribution < -0.4 is 14.2 Å². The molecular weight excluding hydrogens is 232 g/mol. The largest absolute Gasteiger partial charge is 0.493 e. The van der Waals surface area contributed by atoms with Gasteiger partial charge >= 0.3 is 0 Å². The summed E-state index contributed by atoms with van der Waals surface area (Å²) >= 11 is 5.68. The third-order valence-corrected chi connectivity index (χ3v) is 2.62. The van der Waals surface area contributed by atoms with E-state index in [-0.39, 0.29) is 6.79 Å². The number of carbonyl (C=O) groups is 1. The molecule has 0 spiro atoms. The van der Waals surface area contributed by atoms with Gasteiger partial charge in [-0.1, -0.05) is 0 Å². The highest BCUT2D eigenvalue weighted by Crippen LogP contribution is 2.44. The van der Waals surface area contributed by atoms with Gasteiger partial charge in [-0.2, -0.15) is 0 Å². The number of aldehydes is 1. The number of carbonyl (C=O) groups excluding carboxylic acids is 1. The summed E-state index contributed by atoms with van der Waals surface area (Å²) in [5.74, 6) is 1.94. The van der Waals surface area contributed by atoms with Crippen molar-refractivity contribution in [2.75, 3.05) is 19.8 Å². The molecule has 0 saturated heterocycles. The van der Waals surface area contributed by atoms with Crippen molar-refractivity contribution in [3.8, 4) is 17.2 Å². The van der Waals surface area contributed by atoms with Crippen LogP contribution in [0.2, 0.25) is 0 Å². The summed E-state index contributed by atoms with van der Waals surface area (Å²) in [6, 6.07) is 1.76. The van der Waals surface area contributed by atoms with E-state index in [0.29, 0.717) is 35.1 Å². The molecule has 0 radical (unpaired) electrons. The first-order valence-corrected chi connectivity index (χ1v) is 5.36. The molecular formula is C11H11ClO4. The Balaban J connectivity index is 2.58. The maximum Gasteiger partial charge on any atom is 0.231 e. The van der Waals surface area contributed by atoms with E-state index in [1.165, 1.54) is 0 Å². The number of rotatable bonds is 4. The maximum atomic E-state index is 11.0. The van der Waals surface area contributed by atoms with Crippen molar-refractivity contribution >= 4 is 17.9 Å². The molecule has 0 aliphatic carbocycles. The normalized spacial score (nSPS) is 12.6. The molecule has 1 aromatic rings. The second-order valence-corrected chi connectivity index (χ2v) is 3.65. The molecule has 0 bridgehead atoms. The van der Waals surface area contributed by atoms with E-state index in [1.54, 1.807) is 13.2 Å². The monoisotopic (exact) mass is 242 g/mol. The van der Waals surface area contributed by atoms with Gasteiger partial charge in [-0.3, -0.25) is 4.79 Å². The van der Waals surface area contributed by atoms with Crippen molar-refractivity contribution in [3.63, 3.8) is 0 Å². The van der Waals surface area contributed by atoms with Crippen LogP contribution in [0.3, 0.4) is 0 Å². The molecule has 5 heteroatoms. The molecule has 1 aliphatic rings. The van der Waals surface area contributed by atoms with Crippen LogP contribution in [0.5, 0.6) is 17.2 Å². The van der Waals surface area contributed by atoms with Crippen LogP contribution in [0, 0.1) is 0 Å². The first-order chi connectivity index (χ1) is 7.81. The van der Waals surface area contributed by atoms with Gasteiger partial charge in [-0.05, 0) is 18.1 Å². The fourth-order valence-corrected chi connectivity index (χ4v) is 1.90. The molecule has 0 fully saturated rings. The maximum absolute atomic E-state index is 11.0. The molecule has 86 valence electrons. The lowest BCUT2D eigenvalue weighted by molar-refractivity contribution is 0.111. The Morgan fingerprint density at radius 3 is 2.88 bits per heavy atom. The van der Waals surface area contributed by atoms with Crippen LogP contribution in [0.1, 0.15) is 15.9 Å². The molecule has 2 rings (SSSR count). The van der Waals surface area contributed by atoms with Gasteiger partial charge in [0.25, 0.3) is 0 Å². The standard InChI is InChI=1S/C11H11ClO4/c1-14-9-4-7(2-3-12)8(5-13)10-11(9)16-6-15-10/h4-5H,2-3,6H2,1H3. The SMILES string of the molecule is COc1cc(CCCl)c(C=O)c2c1OCO2. The van der Waals surface area contributed by atoms with E-state index < -0.39 is 0 Å². The Labute approximate surface area is 98.1 Å². The molecule has 0 atom stereocenters. The molecule has 0 saturated carbocycles. The summed E-state index contributed by atoms with van der Waals surface area (Å²) in [5.41, 5.74) is 1.31. The Hall–Kier alpha value is -1.42. The molecule has 0 aromatic heterocycles. The zero-order valence-electron chi connectivity index (χ0n) is 8.79. The van der Waals surface area contributed by atoms with E-state index in [1.807, 2.05) is 0 Å². The number of hydrogen-bond donors (Lipinski definition) is 0. The fourth-order valence-electron chi connectivity index (χ4n) is 1.70. The molecule has 1 aliphatic heterocycles. The van der Waals surface area contributed by atoms with Gasteiger partial charge in [0.05, 0.1) is 12.7 Å². The number of halogens is 1. The minimum absolute atomic E-state index is 0.108. The van der Waals surface area contributed by atoms with Crippen molar-refractivity contribution < 1.29 is 19.0 Å².